The van der Waals surface area contributed by atoms with Crippen LogP contribution in [0.2, 0.25) is 0 Å². The first-order chi connectivity index (χ1) is 11.1. The zero-order valence-electron chi connectivity index (χ0n) is 15.5. The smallest absolute Gasteiger partial charge is 0.242 e. The molecule has 0 aliphatic carbocycles. The second kappa shape index (κ2) is 8.04. The maximum atomic E-state index is 12.3. The summed E-state index contributed by atoms with van der Waals surface area (Å²) in [5.74, 6) is 0.895. The summed E-state index contributed by atoms with van der Waals surface area (Å²) in [5.41, 5.74) is 0.292. The van der Waals surface area contributed by atoms with E-state index in [1.807, 2.05) is 19.1 Å². The molecule has 24 heavy (non-hydrogen) atoms. The second-order valence-corrected chi connectivity index (χ2v) is 6.78. The topological polar surface area (TPSA) is 76.7 Å². The van der Waals surface area contributed by atoms with Crippen molar-refractivity contribution in [1.29, 1.82) is 0 Å². The molecule has 0 aromatic heterocycles. The minimum Gasteiger partial charge on any atom is -0.497 e. The number of rotatable bonds is 6. The van der Waals surface area contributed by atoms with Crippen LogP contribution in [0.3, 0.4) is 0 Å². The summed E-state index contributed by atoms with van der Waals surface area (Å²) in [4.78, 5) is 24.3. The molecule has 2 unspecified atom stereocenters. The lowest BCUT2D eigenvalue weighted by atomic mass is 9.95. The van der Waals surface area contributed by atoms with Gasteiger partial charge in [0.1, 0.15) is 17.5 Å². The number of amides is 2. The van der Waals surface area contributed by atoms with Gasteiger partial charge in [-0.3, -0.25) is 9.59 Å². The number of hydrogen-bond donors (Lipinski definition) is 2. The van der Waals surface area contributed by atoms with Crippen molar-refractivity contribution in [3.05, 3.63) is 23.8 Å². The van der Waals surface area contributed by atoms with Crippen LogP contribution in [-0.4, -0.2) is 32.1 Å². The molecular weight excluding hydrogens is 308 g/mol. The summed E-state index contributed by atoms with van der Waals surface area (Å²) in [6, 6.07) is 4.53. The number of methoxy groups -OCH3 is 2. The molecule has 2 N–H and O–H groups in total. The van der Waals surface area contributed by atoms with Crippen LogP contribution in [0.25, 0.3) is 0 Å². The number of carbonyl (C=O) groups is 2. The van der Waals surface area contributed by atoms with Crippen molar-refractivity contribution >= 4 is 11.8 Å². The Kier molecular flexibility index (Phi) is 6.63. The summed E-state index contributed by atoms with van der Waals surface area (Å²) in [6.45, 7) is 8.94. The molecule has 2 amide bonds. The summed E-state index contributed by atoms with van der Waals surface area (Å²) in [6.07, 6.45) is 0. The third-order valence-corrected chi connectivity index (χ3v) is 3.69. The van der Waals surface area contributed by atoms with E-state index in [4.69, 9.17) is 9.47 Å². The van der Waals surface area contributed by atoms with Gasteiger partial charge in [0.05, 0.1) is 20.3 Å². The minimum atomic E-state index is -0.622. The van der Waals surface area contributed by atoms with Gasteiger partial charge in [0.2, 0.25) is 11.8 Å². The van der Waals surface area contributed by atoms with Crippen LogP contribution in [0.15, 0.2) is 18.2 Å². The summed E-state index contributed by atoms with van der Waals surface area (Å²) in [7, 11) is 3.15. The first kappa shape index (κ1) is 19.8. The number of nitrogens with one attached hydrogen (secondary N) is 2. The molecular formula is C18H28N2O4. The maximum absolute atomic E-state index is 12.3. The molecule has 2 atom stereocenters. The number of carbonyl (C=O) groups excluding carboxylic acids is 2. The predicted octanol–water partition coefficient (Wildman–Crippen LogP) is 2.43. The van der Waals surface area contributed by atoms with Crippen molar-refractivity contribution < 1.29 is 19.1 Å². The molecule has 0 radical (unpaired) electrons. The van der Waals surface area contributed by atoms with Gasteiger partial charge in [-0.25, -0.2) is 0 Å². The molecule has 6 nitrogen and oxygen atoms in total. The van der Waals surface area contributed by atoms with Crippen LogP contribution in [0.5, 0.6) is 11.5 Å². The van der Waals surface area contributed by atoms with Gasteiger partial charge in [-0.05, 0) is 26.0 Å². The van der Waals surface area contributed by atoms with Crippen LogP contribution in [0, 0.1) is 5.41 Å². The normalized spacial score (nSPS) is 13.6. The summed E-state index contributed by atoms with van der Waals surface area (Å²) >= 11 is 0. The molecule has 0 aliphatic heterocycles. The van der Waals surface area contributed by atoms with E-state index in [0.29, 0.717) is 11.5 Å². The Hall–Kier alpha value is -2.24. The highest BCUT2D eigenvalue weighted by Crippen LogP contribution is 2.29. The van der Waals surface area contributed by atoms with Crippen molar-refractivity contribution in [2.75, 3.05) is 14.2 Å². The van der Waals surface area contributed by atoms with Gasteiger partial charge >= 0.3 is 0 Å². The predicted molar refractivity (Wildman–Crippen MR) is 93.2 cm³/mol. The fourth-order valence-corrected chi connectivity index (χ4v) is 2.07. The van der Waals surface area contributed by atoms with Crippen LogP contribution in [-0.2, 0) is 9.59 Å². The van der Waals surface area contributed by atoms with Crippen molar-refractivity contribution in [2.45, 2.75) is 46.7 Å². The Labute approximate surface area is 143 Å². The molecule has 1 aromatic rings. The third kappa shape index (κ3) is 5.15. The van der Waals surface area contributed by atoms with Gasteiger partial charge in [0.25, 0.3) is 0 Å². The van der Waals surface area contributed by atoms with E-state index >= 15 is 0 Å². The fraction of sp³-hybridized carbons (Fsp3) is 0.556. The molecule has 0 spiro atoms. The Morgan fingerprint density at radius 3 is 2.17 bits per heavy atom. The van der Waals surface area contributed by atoms with E-state index in [1.54, 1.807) is 48.0 Å². The van der Waals surface area contributed by atoms with Crippen molar-refractivity contribution in [1.82, 2.24) is 10.6 Å². The first-order valence-electron chi connectivity index (χ1n) is 7.93. The third-order valence-electron chi connectivity index (χ3n) is 3.69. The van der Waals surface area contributed by atoms with E-state index < -0.39 is 11.5 Å². The van der Waals surface area contributed by atoms with E-state index in [9.17, 15) is 9.59 Å². The van der Waals surface area contributed by atoms with Gasteiger partial charge in [0, 0.05) is 17.0 Å². The van der Waals surface area contributed by atoms with Crippen LogP contribution in [0.1, 0.15) is 46.2 Å². The Morgan fingerprint density at radius 2 is 1.67 bits per heavy atom. The van der Waals surface area contributed by atoms with Gasteiger partial charge in [-0.1, -0.05) is 20.8 Å². The first-order valence-corrected chi connectivity index (χ1v) is 7.93. The van der Waals surface area contributed by atoms with Crippen LogP contribution >= 0.6 is 0 Å². The average molecular weight is 336 g/mol. The number of hydrogen-bond acceptors (Lipinski definition) is 4. The maximum Gasteiger partial charge on any atom is 0.242 e. The molecule has 0 bridgehead atoms. The molecule has 1 rings (SSSR count). The summed E-state index contributed by atoms with van der Waals surface area (Å²) in [5, 5.41) is 5.61. The van der Waals surface area contributed by atoms with Crippen LogP contribution in [0.4, 0.5) is 0 Å². The molecule has 0 saturated heterocycles. The highest BCUT2D eigenvalue weighted by atomic mass is 16.5. The Balaban J connectivity index is 2.78. The average Bonchev–Trinajstić information content (AvgIpc) is 2.52. The van der Waals surface area contributed by atoms with Crippen molar-refractivity contribution in [3.63, 3.8) is 0 Å². The van der Waals surface area contributed by atoms with E-state index in [2.05, 4.69) is 10.6 Å². The Bertz CT molecular complexity index is 593. The molecule has 0 heterocycles. The molecule has 0 saturated carbocycles. The van der Waals surface area contributed by atoms with Crippen molar-refractivity contribution in [3.8, 4) is 11.5 Å². The highest BCUT2D eigenvalue weighted by molar-refractivity contribution is 5.89. The fourth-order valence-electron chi connectivity index (χ4n) is 2.07. The molecule has 0 fully saturated rings. The van der Waals surface area contributed by atoms with Gasteiger partial charge < -0.3 is 20.1 Å². The summed E-state index contributed by atoms with van der Waals surface area (Å²) < 4.78 is 10.5. The Morgan fingerprint density at radius 1 is 1.04 bits per heavy atom. The van der Waals surface area contributed by atoms with Gasteiger partial charge in [0.15, 0.2) is 0 Å². The minimum absolute atomic E-state index is 0.167. The van der Waals surface area contributed by atoms with E-state index in [1.165, 1.54) is 0 Å². The second-order valence-electron chi connectivity index (χ2n) is 6.78. The lowest BCUT2D eigenvalue weighted by Crippen LogP contribution is -2.48. The molecule has 1 aromatic carbocycles. The molecule has 6 heteroatoms. The molecule has 134 valence electrons. The monoisotopic (exact) mass is 336 g/mol. The zero-order chi connectivity index (χ0) is 18.5. The van der Waals surface area contributed by atoms with Crippen LogP contribution < -0.4 is 20.1 Å². The SMILES string of the molecule is COc1ccc(C(C)NC(=O)C(C)NC(=O)C(C)(C)C)c(OC)c1. The highest BCUT2D eigenvalue weighted by Gasteiger charge is 2.26. The standard InChI is InChI=1S/C18H28N2O4/c1-11(14-9-8-13(23-6)10-15(14)24-7)19-16(21)12(2)20-17(22)18(3,4)5/h8-12H,1-7H3,(H,19,21)(H,20,22). The van der Waals surface area contributed by atoms with Crippen molar-refractivity contribution in [2.24, 2.45) is 5.41 Å². The largest absolute Gasteiger partial charge is 0.497 e. The quantitative estimate of drug-likeness (QED) is 0.836. The number of benzene rings is 1. The van der Waals surface area contributed by atoms with Gasteiger partial charge in [-0.2, -0.15) is 0 Å². The molecule has 0 aliphatic rings. The van der Waals surface area contributed by atoms with Gasteiger partial charge in [-0.15, -0.1) is 0 Å². The van der Waals surface area contributed by atoms with E-state index in [0.717, 1.165) is 5.56 Å². The lowest BCUT2D eigenvalue weighted by molar-refractivity contribution is -0.133. The van der Waals surface area contributed by atoms with E-state index in [-0.39, 0.29) is 17.9 Å². The number of ether oxygens (including phenoxy) is 2. The zero-order valence-corrected chi connectivity index (χ0v) is 15.5. The lowest BCUT2D eigenvalue weighted by Gasteiger charge is -2.23.